The molecule has 0 atom stereocenters. The molecular weight excluding hydrogens is 669 g/mol. The largest absolute Gasteiger partial charge is 0.264 e. The molecule has 0 fully saturated rings. The van der Waals surface area contributed by atoms with Crippen LogP contribution in [0.5, 0.6) is 0 Å². The smallest absolute Gasteiger partial charge is 0.165 e. The molecule has 0 spiro atoms. The molecule has 0 radical (unpaired) electrons. The second kappa shape index (κ2) is 13.6. The number of nitrogens with zero attached hydrogens (tertiary/aromatic N) is 4. The van der Waals surface area contributed by atoms with Gasteiger partial charge in [0.2, 0.25) is 0 Å². The molecular formula is C51H34N4. The molecule has 7 aromatic carbocycles. The van der Waals surface area contributed by atoms with Gasteiger partial charge < -0.3 is 0 Å². The van der Waals surface area contributed by atoms with E-state index in [2.05, 4.69) is 181 Å². The molecule has 0 unspecified atom stereocenters. The lowest BCUT2D eigenvalue weighted by atomic mass is 9.67. The van der Waals surface area contributed by atoms with E-state index in [4.69, 9.17) is 15.0 Å². The fourth-order valence-electron chi connectivity index (χ4n) is 8.19. The highest BCUT2D eigenvalue weighted by atomic mass is 15.0. The molecule has 55 heavy (non-hydrogen) atoms. The third-order valence-electron chi connectivity index (χ3n) is 10.7. The third-order valence-corrected chi connectivity index (χ3v) is 10.7. The monoisotopic (exact) mass is 702 g/mol. The van der Waals surface area contributed by atoms with E-state index in [-0.39, 0.29) is 0 Å². The van der Waals surface area contributed by atoms with E-state index in [0.29, 0.717) is 17.5 Å². The first-order valence-corrected chi connectivity index (χ1v) is 18.5. The van der Waals surface area contributed by atoms with Crippen molar-refractivity contribution in [3.8, 4) is 67.5 Å². The number of rotatable bonds is 7. The maximum absolute atomic E-state index is 5.10. The minimum Gasteiger partial charge on any atom is -0.264 e. The van der Waals surface area contributed by atoms with Gasteiger partial charge in [-0.1, -0.05) is 164 Å². The summed E-state index contributed by atoms with van der Waals surface area (Å²) in [5.74, 6) is 1.80. The summed E-state index contributed by atoms with van der Waals surface area (Å²) in [5.41, 5.74) is 14.3. The zero-order valence-electron chi connectivity index (χ0n) is 29.9. The summed E-state index contributed by atoms with van der Waals surface area (Å²) >= 11 is 0. The molecule has 10 rings (SSSR count). The molecule has 0 N–H and O–H groups in total. The molecule has 0 aliphatic heterocycles. The minimum atomic E-state index is -0.434. The van der Waals surface area contributed by atoms with Crippen LogP contribution in [0.1, 0.15) is 22.3 Å². The van der Waals surface area contributed by atoms with Gasteiger partial charge in [0.05, 0.1) is 5.41 Å². The van der Waals surface area contributed by atoms with Gasteiger partial charge in [0.15, 0.2) is 17.5 Å². The van der Waals surface area contributed by atoms with Crippen LogP contribution in [0.25, 0.3) is 67.5 Å². The molecule has 2 heterocycles. The van der Waals surface area contributed by atoms with Crippen molar-refractivity contribution in [3.63, 3.8) is 0 Å². The number of hydrogen-bond donors (Lipinski definition) is 0. The van der Waals surface area contributed by atoms with Crippen LogP contribution in [0.15, 0.2) is 207 Å². The topological polar surface area (TPSA) is 51.6 Å². The van der Waals surface area contributed by atoms with Gasteiger partial charge in [-0.2, -0.15) is 0 Å². The number of fused-ring (bicyclic) bond motifs is 3. The lowest BCUT2D eigenvalue weighted by molar-refractivity contribution is 0.768. The lowest BCUT2D eigenvalue weighted by Gasteiger charge is -2.33. The van der Waals surface area contributed by atoms with Gasteiger partial charge in [0.1, 0.15) is 0 Å². The Bertz CT molecular complexity index is 2760. The molecule has 0 saturated carbocycles. The number of aromatic nitrogens is 4. The van der Waals surface area contributed by atoms with Crippen molar-refractivity contribution in [2.45, 2.75) is 5.41 Å². The third kappa shape index (κ3) is 5.63. The highest BCUT2D eigenvalue weighted by Crippen LogP contribution is 2.56. The van der Waals surface area contributed by atoms with Crippen LogP contribution in [-0.2, 0) is 5.41 Å². The summed E-state index contributed by atoms with van der Waals surface area (Å²) in [5, 5.41) is 0. The SMILES string of the molecule is c1ccc(-c2cccc(-c3nc(-c4cccnc4)nc(-c4cccc(-c5ccc6c(c5)-c5ccccc5C6(c5ccccc5)c5ccccc5)c4)n3)c2)cc1. The summed E-state index contributed by atoms with van der Waals surface area (Å²) in [4.78, 5) is 19.5. The minimum absolute atomic E-state index is 0.434. The number of hydrogen-bond acceptors (Lipinski definition) is 4. The summed E-state index contributed by atoms with van der Waals surface area (Å²) in [7, 11) is 0. The first-order valence-electron chi connectivity index (χ1n) is 18.5. The van der Waals surface area contributed by atoms with Gasteiger partial charge in [-0.05, 0) is 86.0 Å². The predicted octanol–water partition coefficient (Wildman–Crippen LogP) is 12.0. The Hall–Kier alpha value is -7.30. The van der Waals surface area contributed by atoms with Crippen LogP contribution in [0.3, 0.4) is 0 Å². The van der Waals surface area contributed by atoms with Crippen LogP contribution >= 0.6 is 0 Å². The Kier molecular flexibility index (Phi) is 8.00. The van der Waals surface area contributed by atoms with Gasteiger partial charge >= 0.3 is 0 Å². The Morgan fingerprint density at radius 3 is 1.40 bits per heavy atom. The first-order chi connectivity index (χ1) is 27.3. The number of pyridine rings is 1. The van der Waals surface area contributed by atoms with E-state index in [1.807, 2.05) is 18.2 Å². The second-order valence-corrected chi connectivity index (χ2v) is 13.9. The molecule has 1 aliphatic carbocycles. The highest BCUT2D eigenvalue weighted by Gasteiger charge is 2.45. The van der Waals surface area contributed by atoms with Crippen LogP contribution < -0.4 is 0 Å². The van der Waals surface area contributed by atoms with E-state index in [1.165, 1.54) is 33.4 Å². The van der Waals surface area contributed by atoms with Crippen LogP contribution in [0, 0.1) is 0 Å². The fourth-order valence-corrected chi connectivity index (χ4v) is 8.19. The van der Waals surface area contributed by atoms with E-state index in [0.717, 1.165) is 38.9 Å². The first kappa shape index (κ1) is 32.4. The molecule has 0 amide bonds. The van der Waals surface area contributed by atoms with Crippen molar-refractivity contribution in [2.75, 3.05) is 0 Å². The summed E-state index contributed by atoms with van der Waals surface area (Å²) in [6, 6.07) is 68.8. The van der Waals surface area contributed by atoms with Crippen molar-refractivity contribution < 1.29 is 0 Å². The van der Waals surface area contributed by atoms with Crippen molar-refractivity contribution in [1.29, 1.82) is 0 Å². The van der Waals surface area contributed by atoms with Gasteiger partial charge in [-0.3, -0.25) is 4.98 Å². The Balaban J connectivity index is 1.11. The average molecular weight is 703 g/mol. The van der Waals surface area contributed by atoms with Gasteiger partial charge in [0.25, 0.3) is 0 Å². The van der Waals surface area contributed by atoms with Crippen molar-refractivity contribution in [2.24, 2.45) is 0 Å². The maximum atomic E-state index is 5.10. The normalized spacial score (nSPS) is 12.5. The van der Waals surface area contributed by atoms with Crippen molar-refractivity contribution >= 4 is 0 Å². The zero-order valence-corrected chi connectivity index (χ0v) is 29.9. The summed E-state index contributed by atoms with van der Waals surface area (Å²) in [6.07, 6.45) is 3.56. The Labute approximate surface area is 320 Å². The van der Waals surface area contributed by atoms with E-state index >= 15 is 0 Å². The Morgan fingerprint density at radius 2 is 0.782 bits per heavy atom. The van der Waals surface area contributed by atoms with Gasteiger partial charge in [-0.15, -0.1) is 0 Å². The maximum Gasteiger partial charge on any atom is 0.165 e. The molecule has 2 aromatic heterocycles. The van der Waals surface area contributed by atoms with E-state index in [1.54, 1.807) is 12.4 Å². The van der Waals surface area contributed by atoms with Crippen LogP contribution in [0.2, 0.25) is 0 Å². The van der Waals surface area contributed by atoms with E-state index < -0.39 is 5.41 Å². The van der Waals surface area contributed by atoms with Crippen LogP contribution in [-0.4, -0.2) is 19.9 Å². The van der Waals surface area contributed by atoms with Crippen molar-refractivity contribution in [1.82, 2.24) is 19.9 Å². The molecule has 258 valence electrons. The van der Waals surface area contributed by atoms with Gasteiger partial charge in [-0.25, -0.2) is 15.0 Å². The molecule has 4 heteroatoms. The molecule has 9 aromatic rings. The second-order valence-electron chi connectivity index (χ2n) is 13.9. The molecule has 0 bridgehead atoms. The lowest BCUT2D eigenvalue weighted by Crippen LogP contribution is -2.28. The fraction of sp³-hybridized carbons (Fsp3) is 0.0196. The quantitative estimate of drug-likeness (QED) is 0.166. The number of benzene rings is 7. The van der Waals surface area contributed by atoms with Gasteiger partial charge in [0, 0.05) is 29.1 Å². The summed E-state index contributed by atoms with van der Waals surface area (Å²) < 4.78 is 0. The van der Waals surface area contributed by atoms with E-state index in [9.17, 15) is 0 Å². The predicted molar refractivity (Wildman–Crippen MR) is 222 cm³/mol. The molecule has 1 aliphatic rings. The summed E-state index contributed by atoms with van der Waals surface area (Å²) in [6.45, 7) is 0. The molecule has 0 saturated heterocycles. The Morgan fingerprint density at radius 1 is 0.309 bits per heavy atom. The average Bonchev–Trinajstić information content (AvgIpc) is 3.58. The standard InChI is InChI=1S/C51H34N4/c1-4-15-35(16-5-1)36-17-12-19-39(31-36)48-53-49(55-50(54-48)41-21-14-30-52-34-41)40-20-13-18-37(32-40)38-28-29-47-45(33-38)44-26-10-11-27-46(44)51(47,42-22-6-2-7-23-42)43-24-8-3-9-25-43/h1-34H. The highest BCUT2D eigenvalue weighted by molar-refractivity contribution is 5.89. The van der Waals surface area contributed by atoms with Crippen molar-refractivity contribution in [3.05, 3.63) is 229 Å². The van der Waals surface area contributed by atoms with Crippen LogP contribution in [0.4, 0.5) is 0 Å². The molecule has 4 nitrogen and oxygen atoms in total. The zero-order chi connectivity index (χ0) is 36.6.